The molecule has 0 unspecified atom stereocenters. The van der Waals surface area contributed by atoms with E-state index in [2.05, 4.69) is 194 Å². The molecule has 0 amide bonds. The summed E-state index contributed by atoms with van der Waals surface area (Å²) in [6.07, 6.45) is -4.68. The first-order valence-electron chi connectivity index (χ1n) is 30.0. The molecule has 5 nitrogen and oxygen atoms in total. The van der Waals surface area contributed by atoms with E-state index >= 15 is 13.2 Å². The van der Waals surface area contributed by atoms with Crippen molar-refractivity contribution in [2.75, 3.05) is 0 Å². The second kappa shape index (κ2) is 21.4. The van der Waals surface area contributed by atoms with Crippen molar-refractivity contribution in [3.05, 3.63) is 267 Å². The Morgan fingerprint density at radius 1 is 0.284 bits per heavy atom. The zero-order chi connectivity index (χ0) is 61.0. The number of hydrogen-bond donors (Lipinski definition) is 0. The number of fused-ring (bicyclic) bond motifs is 6. The Labute approximate surface area is 511 Å². The summed E-state index contributed by atoms with van der Waals surface area (Å²) in [6, 6.07) is 69.5. The molecule has 0 bridgehead atoms. The molecule has 3 aromatic heterocycles. The molecule has 0 aliphatic carbocycles. The Hall–Kier alpha value is -10.2. The van der Waals surface area contributed by atoms with E-state index in [1.165, 1.54) is 67.8 Å². The van der Waals surface area contributed by atoms with Crippen LogP contribution in [0.3, 0.4) is 0 Å². The predicted octanol–water partition coefficient (Wildman–Crippen LogP) is 21.8. The Balaban J connectivity index is 1.09. The molecule has 0 spiro atoms. The molecule has 0 aliphatic rings. The highest BCUT2D eigenvalue weighted by atomic mass is 19.4. The molecule has 14 rings (SSSR count). The van der Waals surface area contributed by atoms with Gasteiger partial charge >= 0.3 is 6.18 Å². The van der Waals surface area contributed by atoms with Crippen molar-refractivity contribution >= 4 is 43.6 Å². The summed E-state index contributed by atoms with van der Waals surface area (Å²) in [7, 11) is 0. The molecule has 88 heavy (non-hydrogen) atoms. The van der Waals surface area contributed by atoms with Gasteiger partial charge in [-0.15, -0.1) is 0 Å². The van der Waals surface area contributed by atoms with Crippen LogP contribution in [0.1, 0.15) is 61.2 Å². The maximum atomic E-state index is 15.7. The summed E-state index contributed by atoms with van der Waals surface area (Å²) in [5.74, 6) is 1.41. The molecule has 0 saturated carbocycles. The fourth-order valence-electron chi connectivity index (χ4n) is 14.2. The third kappa shape index (κ3) is 9.64. The third-order valence-corrected chi connectivity index (χ3v) is 17.6. The van der Waals surface area contributed by atoms with Gasteiger partial charge < -0.3 is 9.13 Å². The number of hydrogen-bond acceptors (Lipinski definition) is 3. The maximum absolute atomic E-state index is 15.7. The second-order valence-corrected chi connectivity index (χ2v) is 24.2. The summed E-state index contributed by atoms with van der Waals surface area (Å²) < 4.78 is 51.6. The Bertz CT molecular complexity index is 4940. The lowest BCUT2D eigenvalue weighted by Crippen LogP contribution is -2.08. The molecule has 0 aliphatic heterocycles. The van der Waals surface area contributed by atoms with Gasteiger partial charge in [-0.3, -0.25) is 0 Å². The molecule has 0 saturated heterocycles. The first kappa shape index (κ1) is 55.7. The summed E-state index contributed by atoms with van der Waals surface area (Å²) >= 11 is 0. The van der Waals surface area contributed by atoms with Crippen molar-refractivity contribution < 1.29 is 13.2 Å². The van der Waals surface area contributed by atoms with Gasteiger partial charge in [-0.25, -0.2) is 15.0 Å². The van der Waals surface area contributed by atoms with Gasteiger partial charge in [0.25, 0.3) is 0 Å². The number of aryl methyl sites for hydroxylation is 10. The van der Waals surface area contributed by atoms with Crippen LogP contribution >= 0.6 is 0 Å². The molecule has 0 fully saturated rings. The quantitative estimate of drug-likeness (QED) is 0.145. The second-order valence-electron chi connectivity index (χ2n) is 24.2. The van der Waals surface area contributed by atoms with Crippen LogP contribution in [0.15, 0.2) is 206 Å². The highest BCUT2D eigenvalue weighted by Crippen LogP contribution is 2.47. The molecule has 430 valence electrons. The van der Waals surface area contributed by atoms with E-state index in [1.54, 1.807) is 6.07 Å². The van der Waals surface area contributed by atoms with Crippen molar-refractivity contribution in [1.82, 2.24) is 24.1 Å². The first-order chi connectivity index (χ1) is 42.3. The van der Waals surface area contributed by atoms with Crippen LogP contribution in [0.25, 0.3) is 134 Å². The Kier molecular flexibility index (Phi) is 13.5. The first-order valence-corrected chi connectivity index (χ1v) is 30.0. The van der Waals surface area contributed by atoms with E-state index in [-0.39, 0.29) is 0 Å². The van der Waals surface area contributed by atoms with Crippen LogP contribution in [-0.4, -0.2) is 24.1 Å². The predicted molar refractivity (Wildman–Crippen MR) is 359 cm³/mol. The van der Waals surface area contributed by atoms with Gasteiger partial charge in [0.05, 0.1) is 39.0 Å². The van der Waals surface area contributed by atoms with Crippen LogP contribution in [-0.2, 0) is 6.18 Å². The van der Waals surface area contributed by atoms with Crippen molar-refractivity contribution in [1.29, 1.82) is 0 Å². The van der Waals surface area contributed by atoms with Crippen LogP contribution in [0.4, 0.5) is 13.2 Å². The monoisotopic (exact) mass is 1150 g/mol. The Morgan fingerprint density at radius 2 is 0.648 bits per heavy atom. The minimum atomic E-state index is -4.68. The topological polar surface area (TPSA) is 48.5 Å². The van der Waals surface area contributed by atoms with E-state index in [4.69, 9.17) is 15.0 Å². The standard InChI is InChI=1S/C80H64F3N5/c1-45-21-28-68-63(39-45)64-40-57(74-49(5)33-46(2)34-50(74)6)25-31-71(64)88(68)73-43-60(79-85-77(55-17-13-11-14-18-55)84-78(86-79)56-19-15-12-16-20-56)22-27-62(73)67-44-61(80(81,82)83)26-32-72(67)87-69-29-23-58(75-51(7)35-47(3)36-52(75)8)41-65(69)66-42-59(24-30-70(66)87)76-53(9)37-48(4)38-54(76)10/h11-44H,1-10H3. The van der Waals surface area contributed by atoms with Gasteiger partial charge in [-0.2, -0.15) is 13.2 Å². The fourth-order valence-corrected chi connectivity index (χ4v) is 14.2. The van der Waals surface area contributed by atoms with Crippen molar-refractivity contribution in [2.45, 2.75) is 75.4 Å². The number of benzene rings is 11. The number of nitrogens with zero attached hydrogens (tertiary/aromatic N) is 5. The van der Waals surface area contributed by atoms with E-state index < -0.39 is 11.7 Å². The lowest BCUT2D eigenvalue weighted by molar-refractivity contribution is -0.137. The zero-order valence-electron chi connectivity index (χ0n) is 51.0. The zero-order valence-corrected chi connectivity index (χ0v) is 51.0. The van der Waals surface area contributed by atoms with Crippen LogP contribution < -0.4 is 0 Å². The largest absolute Gasteiger partial charge is 0.416 e. The number of rotatable bonds is 9. The highest BCUT2D eigenvalue weighted by Gasteiger charge is 2.33. The molecule has 0 N–H and O–H groups in total. The van der Waals surface area contributed by atoms with E-state index in [0.717, 1.165) is 88.1 Å². The average Bonchev–Trinajstić information content (AvgIpc) is 2.14. The van der Waals surface area contributed by atoms with E-state index in [9.17, 15) is 0 Å². The SMILES string of the molecule is Cc1cc(C)c(-c2ccc3c(c2)c2cc(C)ccc2n3-c2cc(-c3nc(-c4ccccc4)nc(-c4ccccc4)n3)ccc2-c2cc(C(F)(F)F)ccc2-n2c3ccc(-c4c(C)cc(C)cc4C)cc3c3cc(-c4c(C)cc(C)cc4C)ccc32)c(C)c1. The number of aromatic nitrogens is 5. The molecule has 3 heterocycles. The Morgan fingerprint density at radius 3 is 1.06 bits per heavy atom. The summed E-state index contributed by atoms with van der Waals surface area (Å²) in [5.41, 5.74) is 25.8. The molecule has 0 atom stereocenters. The lowest BCUT2D eigenvalue weighted by atomic mass is 9.91. The van der Waals surface area contributed by atoms with Gasteiger partial charge in [-0.05, 0) is 209 Å². The summed E-state index contributed by atoms with van der Waals surface area (Å²) in [4.78, 5) is 15.4. The third-order valence-electron chi connectivity index (χ3n) is 17.6. The van der Waals surface area contributed by atoms with Crippen LogP contribution in [0.5, 0.6) is 0 Å². The van der Waals surface area contributed by atoms with Gasteiger partial charge in [0, 0.05) is 49.4 Å². The number of alkyl halides is 3. The van der Waals surface area contributed by atoms with Crippen molar-refractivity contribution in [2.24, 2.45) is 0 Å². The van der Waals surface area contributed by atoms with Gasteiger partial charge in [-0.1, -0.05) is 156 Å². The van der Waals surface area contributed by atoms with Crippen LogP contribution in [0.2, 0.25) is 0 Å². The molecule has 8 heteroatoms. The van der Waals surface area contributed by atoms with Crippen molar-refractivity contribution in [3.63, 3.8) is 0 Å². The van der Waals surface area contributed by atoms with Gasteiger partial charge in [0.1, 0.15) is 0 Å². The average molecular weight is 1150 g/mol. The smallest absolute Gasteiger partial charge is 0.309 e. The van der Waals surface area contributed by atoms with Crippen LogP contribution in [0, 0.1) is 69.2 Å². The molecule has 0 radical (unpaired) electrons. The van der Waals surface area contributed by atoms with Gasteiger partial charge in [0.15, 0.2) is 17.5 Å². The maximum Gasteiger partial charge on any atom is 0.416 e. The van der Waals surface area contributed by atoms with Crippen molar-refractivity contribution in [3.8, 4) is 90.0 Å². The van der Waals surface area contributed by atoms with Gasteiger partial charge in [0.2, 0.25) is 0 Å². The minimum Gasteiger partial charge on any atom is -0.309 e. The number of halogens is 3. The fraction of sp³-hybridized carbons (Fsp3) is 0.138. The molecular formula is C80H64F3N5. The lowest BCUT2D eigenvalue weighted by Gasteiger charge is -2.21. The summed E-state index contributed by atoms with van der Waals surface area (Å²) in [5, 5.41) is 4.01. The van der Waals surface area contributed by atoms with E-state index in [1.807, 2.05) is 72.8 Å². The minimum absolute atomic E-state index is 0.397. The van der Waals surface area contributed by atoms with E-state index in [0.29, 0.717) is 45.5 Å². The highest BCUT2D eigenvalue weighted by molar-refractivity contribution is 6.14. The molecule has 14 aromatic rings. The normalized spacial score (nSPS) is 11.9. The molecule has 11 aromatic carbocycles. The summed E-state index contributed by atoms with van der Waals surface area (Å²) in [6.45, 7) is 21.5. The molecular weight excluding hydrogens is 1090 g/mol.